The van der Waals surface area contributed by atoms with Crippen molar-refractivity contribution in [2.24, 2.45) is 0 Å². The van der Waals surface area contributed by atoms with Crippen LogP contribution in [0, 0.1) is 0 Å². The summed E-state index contributed by atoms with van der Waals surface area (Å²) in [6.07, 6.45) is 19.4. The number of nitrogens with one attached hydrogen (secondary N) is 2. The average molecular weight is 715 g/mol. The van der Waals surface area contributed by atoms with Crippen molar-refractivity contribution in [2.45, 2.75) is 72.3 Å². The number of pyridine rings is 1. The van der Waals surface area contributed by atoms with E-state index in [0.29, 0.717) is 5.70 Å². The number of likely N-dealkylation sites (N-methyl/N-ethyl adjacent to an activating group) is 1. The van der Waals surface area contributed by atoms with Gasteiger partial charge in [0.2, 0.25) is 5.91 Å². The third kappa shape index (κ3) is 17.4. The highest BCUT2D eigenvalue weighted by Crippen LogP contribution is 2.32. The van der Waals surface area contributed by atoms with Crippen LogP contribution in [0.1, 0.15) is 64.6 Å². The number of unbranched alkanes of at least 4 members (excludes halogenated alkanes) is 1. The fraction of sp³-hybridized carbons (Fsp3) is 0.385. The highest BCUT2D eigenvalue weighted by Gasteiger charge is 2.34. The third-order valence-electron chi connectivity index (χ3n) is 7.05. The Labute approximate surface area is 299 Å². The fourth-order valence-corrected chi connectivity index (χ4v) is 5.01. The number of hydrogen-bond acceptors (Lipinski definition) is 6. The summed E-state index contributed by atoms with van der Waals surface area (Å²) in [5.74, 6) is 1.09. The number of alkyl halides is 4. The van der Waals surface area contributed by atoms with E-state index in [-0.39, 0.29) is 18.0 Å². The minimum atomic E-state index is -4.49. The van der Waals surface area contributed by atoms with Gasteiger partial charge in [0.05, 0.1) is 5.70 Å². The van der Waals surface area contributed by atoms with Gasteiger partial charge in [-0.05, 0) is 72.8 Å². The molecule has 1 atom stereocenters. The van der Waals surface area contributed by atoms with Crippen molar-refractivity contribution in [1.29, 1.82) is 0 Å². The Balaban J connectivity index is 0.000000380. The second-order valence-corrected chi connectivity index (χ2v) is 11.9. The molecule has 11 heteroatoms. The molecule has 272 valence electrons. The van der Waals surface area contributed by atoms with Gasteiger partial charge in [-0.15, -0.1) is 11.8 Å². The predicted molar refractivity (Wildman–Crippen MR) is 199 cm³/mol. The average Bonchev–Trinajstić information content (AvgIpc) is 3.30. The summed E-state index contributed by atoms with van der Waals surface area (Å²) in [4.78, 5) is 24.2. The highest BCUT2D eigenvalue weighted by molar-refractivity contribution is 8.02. The van der Waals surface area contributed by atoms with Crippen LogP contribution in [-0.2, 0) is 22.3 Å². The molecule has 2 bridgehead atoms. The fourth-order valence-electron chi connectivity index (χ4n) is 4.14. The van der Waals surface area contributed by atoms with Gasteiger partial charge >= 0.3 is 6.18 Å². The molecule has 1 unspecified atom stereocenters. The zero-order chi connectivity index (χ0) is 37.4. The van der Waals surface area contributed by atoms with Gasteiger partial charge in [-0.25, -0.2) is 4.39 Å². The quantitative estimate of drug-likeness (QED) is 0.184. The first-order valence-electron chi connectivity index (χ1n) is 16.5. The van der Waals surface area contributed by atoms with Gasteiger partial charge in [-0.3, -0.25) is 9.78 Å². The summed E-state index contributed by atoms with van der Waals surface area (Å²) < 4.78 is 51.3. The molecule has 2 aliphatic heterocycles. The molecule has 6 nitrogen and oxygen atoms in total. The second kappa shape index (κ2) is 24.7. The standard InChI is InChI=1S/C16H17NS.C14H12F4N2.C4H10.C3H7NO.C2H4O/c1-17-9-7-13-8-10-18-12-16(13)14-5-3-2-4-6-15(17)11-14;15-11-4-1-5-12(7-6-11)20-9-10-3-2-8-19-13(10)14(16,17)18;1-3-4-2;1-3(5)4-2;1-2-3/h3-6,8,10H,2,7,9,12H2,1H3;1-8,11,20H,9H2;3-4H2,1-2H3;1-2H3,(H,4,5);2H,1H3/b5-3-,6-4-;;;;. The van der Waals surface area contributed by atoms with Gasteiger partial charge in [-0.2, -0.15) is 13.2 Å². The molecule has 0 aromatic carbocycles. The normalized spacial score (nSPS) is 18.4. The molecule has 4 aliphatic rings. The SMILES string of the molecule is CC=O.CCCC.CN1CCC2=C(CSC=C2)C2=C=C1/C=C\C/C=C\2.CNC(C)=O.FC1C=CC=C(NCc2cccnc2C(F)(F)F)C=C1. The largest absolute Gasteiger partial charge is 0.433 e. The summed E-state index contributed by atoms with van der Waals surface area (Å²) in [6.45, 7) is 8.31. The Bertz CT molecular complexity index is 1510. The Hall–Kier alpha value is -4.34. The molecule has 1 amide bonds. The van der Waals surface area contributed by atoms with Crippen molar-refractivity contribution < 1.29 is 27.2 Å². The number of carbonyl (C=O) groups is 2. The maximum absolute atomic E-state index is 13.0. The molecule has 0 saturated heterocycles. The zero-order valence-electron chi connectivity index (χ0n) is 29.8. The lowest BCUT2D eigenvalue weighted by atomic mass is 9.96. The summed E-state index contributed by atoms with van der Waals surface area (Å²) >= 11 is 1.88. The topological polar surface area (TPSA) is 74.3 Å². The number of amides is 1. The molecule has 0 spiro atoms. The molecular weight excluding hydrogens is 665 g/mol. The molecule has 5 rings (SSSR count). The number of fused-ring (bicyclic) bond motifs is 1. The van der Waals surface area contributed by atoms with Crippen molar-refractivity contribution in [3.63, 3.8) is 0 Å². The maximum Gasteiger partial charge on any atom is 0.433 e. The first kappa shape index (κ1) is 43.7. The van der Waals surface area contributed by atoms with Crippen LogP contribution in [0.3, 0.4) is 0 Å². The van der Waals surface area contributed by atoms with E-state index in [1.54, 1.807) is 13.1 Å². The van der Waals surface area contributed by atoms with E-state index in [1.807, 2.05) is 11.8 Å². The van der Waals surface area contributed by atoms with E-state index in [4.69, 9.17) is 4.79 Å². The molecule has 1 aromatic rings. The first-order chi connectivity index (χ1) is 23.9. The van der Waals surface area contributed by atoms with Crippen LogP contribution in [0.25, 0.3) is 0 Å². The number of nitrogens with zero attached hydrogens (tertiary/aromatic N) is 2. The Kier molecular flexibility index (Phi) is 21.6. The van der Waals surface area contributed by atoms with E-state index >= 15 is 0 Å². The smallest absolute Gasteiger partial charge is 0.381 e. The third-order valence-corrected chi connectivity index (χ3v) is 7.84. The lowest BCUT2D eigenvalue weighted by Gasteiger charge is -2.25. The lowest BCUT2D eigenvalue weighted by molar-refractivity contribution is -0.141. The second-order valence-electron chi connectivity index (χ2n) is 11.0. The number of hydrogen-bond donors (Lipinski definition) is 2. The van der Waals surface area contributed by atoms with Gasteiger partial charge in [0, 0.05) is 62.9 Å². The van der Waals surface area contributed by atoms with Gasteiger partial charge in [0.1, 0.15) is 18.2 Å². The summed E-state index contributed by atoms with van der Waals surface area (Å²) in [5, 5.41) is 7.44. The zero-order valence-corrected chi connectivity index (χ0v) is 30.6. The van der Waals surface area contributed by atoms with Crippen molar-refractivity contribution in [3.8, 4) is 0 Å². The van der Waals surface area contributed by atoms with Gasteiger partial charge in [0.15, 0.2) is 0 Å². The molecule has 2 N–H and O–H groups in total. The van der Waals surface area contributed by atoms with E-state index in [0.717, 1.165) is 37.6 Å². The Morgan fingerprint density at radius 1 is 1.14 bits per heavy atom. The Morgan fingerprint density at radius 2 is 1.82 bits per heavy atom. The lowest BCUT2D eigenvalue weighted by Crippen LogP contribution is -2.20. The number of aldehydes is 1. The first-order valence-corrected chi connectivity index (χ1v) is 17.6. The van der Waals surface area contributed by atoms with Crippen molar-refractivity contribution in [3.05, 3.63) is 130 Å². The minimum Gasteiger partial charge on any atom is -0.381 e. The van der Waals surface area contributed by atoms with Gasteiger partial charge in [0.25, 0.3) is 0 Å². The van der Waals surface area contributed by atoms with Crippen LogP contribution in [0.4, 0.5) is 17.6 Å². The highest BCUT2D eigenvalue weighted by atomic mass is 32.2. The number of allylic oxidation sites excluding steroid dienone is 10. The van der Waals surface area contributed by atoms with Crippen molar-refractivity contribution in [2.75, 3.05) is 26.4 Å². The molecule has 0 radical (unpaired) electrons. The molecule has 0 saturated carbocycles. The number of thioether (sulfide) groups is 1. The van der Waals surface area contributed by atoms with Crippen LogP contribution in [0.5, 0.6) is 0 Å². The molecule has 2 aliphatic carbocycles. The number of carbonyl (C=O) groups excluding carboxylic acids is 2. The van der Waals surface area contributed by atoms with Crippen LogP contribution >= 0.6 is 11.8 Å². The van der Waals surface area contributed by atoms with Crippen molar-refractivity contribution in [1.82, 2.24) is 20.5 Å². The number of aromatic nitrogens is 1. The summed E-state index contributed by atoms with van der Waals surface area (Å²) in [5.41, 5.74) is 8.69. The molecule has 50 heavy (non-hydrogen) atoms. The minimum absolute atomic E-state index is 0.00463. The molecular formula is C39H50F4N4O2S. The summed E-state index contributed by atoms with van der Waals surface area (Å²) in [7, 11) is 3.75. The number of halogens is 4. The Morgan fingerprint density at radius 3 is 2.46 bits per heavy atom. The predicted octanol–water partition coefficient (Wildman–Crippen LogP) is 9.11. The van der Waals surface area contributed by atoms with Crippen molar-refractivity contribution >= 4 is 24.0 Å². The monoisotopic (exact) mass is 714 g/mol. The van der Waals surface area contributed by atoms with Crippen LogP contribution < -0.4 is 10.6 Å². The van der Waals surface area contributed by atoms with E-state index in [1.165, 1.54) is 85.5 Å². The van der Waals surface area contributed by atoms with Crippen LogP contribution in [-0.4, -0.2) is 54.6 Å². The van der Waals surface area contributed by atoms with E-state index < -0.39 is 18.0 Å². The molecule has 0 fully saturated rings. The molecule has 3 heterocycles. The van der Waals surface area contributed by atoms with Crippen LogP contribution in [0.15, 0.2) is 118 Å². The number of rotatable bonds is 4. The molecule has 1 aromatic heterocycles. The van der Waals surface area contributed by atoms with E-state index in [2.05, 4.69) is 82.9 Å². The maximum atomic E-state index is 13.0. The summed E-state index contributed by atoms with van der Waals surface area (Å²) in [6, 6.07) is 2.80. The van der Waals surface area contributed by atoms with Gasteiger partial charge < -0.3 is 20.3 Å². The van der Waals surface area contributed by atoms with E-state index in [9.17, 15) is 22.4 Å². The van der Waals surface area contributed by atoms with Gasteiger partial charge in [-0.1, -0.05) is 68.9 Å². The van der Waals surface area contributed by atoms with Crippen LogP contribution in [0.2, 0.25) is 0 Å².